The maximum atomic E-state index is 13.1. The van der Waals surface area contributed by atoms with E-state index in [4.69, 9.17) is 11.6 Å². The number of likely N-dealkylation sites (tertiary alicyclic amines) is 1. The molecule has 0 amide bonds. The van der Waals surface area contributed by atoms with Crippen LogP contribution in [0, 0.1) is 11.7 Å². The third-order valence-corrected chi connectivity index (χ3v) is 4.30. The van der Waals surface area contributed by atoms with Crippen molar-refractivity contribution in [3.05, 3.63) is 29.0 Å². The van der Waals surface area contributed by atoms with Gasteiger partial charge in [-0.15, -0.1) is 0 Å². The lowest BCUT2D eigenvalue weighted by molar-refractivity contribution is 0.172. The van der Waals surface area contributed by atoms with Gasteiger partial charge in [0.15, 0.2) is 0 Å². The van der Waals surface area contributed by atoms with Gasteiger partial charge in [-0.3, -0.25) is 0 Å². The summed E-state index contributed by atoms with van der Waals surface area (Å²) in [7, 11) is 0. The van der Waals surface area contributed by atoms with Crippen LogP contribution in [-0.2, 0) is 0 Å². The van der Waals surface area contributed by atoms with Crippen LogP contribution >= 0.6 is 11.6 Å². The summed E-state index contributed by atoms with van der Waals surface area (Å²) in [6, 6.07) is 5.19. The van der Waals surface area contributed by atoms with Gasteiger partial charge in [0.25, 0.3) is 0 Å². The van der Waals surface area contributed by atoms with Crippen molar-refractivity contribution in [1.82, 2.24) is 4.90 Å². The molecular formula is C15H22ClFN2. The lowest BCUT2D eigenvalue weighted by atomic mass is 9.91. The Labute approximate surface area is 119 Å². The average Bonchev–Trinajstić information content (AvgIpc) is 2.43. The molecule has 1 heterocycles. The number of nitrogens with one attached hydrogen (secondary N) is 1. The van der Waals surface area contributed by atoms with Crippen LogP contribution in [0.3, 0.4) is 0 Å². The number of hydrogen-bond acceptors (Lipinski definition) is 2. The van der Waals surface area contributed by atoms with Gasteiger partial charge in [0.05, 0.1) is 5.02 Å². The Balaban J connectivity index is 1.96. The molecule has 1 N–H and O–H groups in total. The monoisotopic (exact) mass is 284 g/mol. The van der Waals surface area contributed by atoms with Crippen LogP contribution in [0.25, 0.3) is 0 Å². The summed E-state index contributed by atoms with van der Waals surface area (Å²) in [5.74, 6) is 0.271. The van der Waals surface area contributed by atoms with Gasteiger partial charge in [0.1, 0.15) is 5.82 Å². The summed E-state index contributed by atoms with van der Waals surface area (Å²) < 4.78 is 13.1. The van der Waals surface area contributed by atoms with E-state index < -0.39 is 0 Å². The van der Waals surface area contributed by atoms with Gasteiger partial charge in [-0.05, 0) is 57.0 Å². The topological polar surface area (TPSA) is 15.3 Å². The molecule has 0 aromatic heterocycles. The van der Waals surface area contributed by atoms with Gasteiger partial charge in [-0.1, -0.05) is 18.5 Å². The zero-order valence-electron chi connectivity index (χ0n) is 11.6. The second kappa shape index (κ2) is 6.58. The van der Waals surface area contributed by atoms with Crippen molar-refractivity contribution in [2.24, 2.45) is 5.92 Å². The molecule has 1 fully saturated rings. The van der Waals surface area contributed by atoms with Crippen LogP contribution in [0.2, 0.25) is 5.02 Å². The van der Waals surface area contributed by atoms with Gasteiger partial charge in [0, 0.05) is 18.3 Å². The Morgan fingerprint density at radius 3 is 3.00 bits per heavy atom. The fourth-order valence-electron chi connectivity index (χ4n) is 2.75. The Morgan fingerprint density at radius 1 is 1.53 bits per heavy atom. The molecule has 2 rings (SSSR count). The van der Waals surface area contributed by atoms with Gasteiger partial charge >= 0.3 is 0 Å². The fraction of sp³-hybridized carbons (Fsp3) is 0.600. The van der Waals surface area contributed by atoms with E-state index in [1.807, 2.05) is 0 Å². The zero-order valence-corrected chi connectivity index (χ0v) is 12.4. The number of benzene rings is 1. The van der Waals surface area contributed by atoms with E-state index in [0.717, 1.165) is 18.8 Å². The molecule has 4 heteroatoms. The van der Waals surface area contributed by atoms with Crippen LogP contribution in [0.4, 0.5) is 10.1 Å². The predicted molar refractivity (Wildman–Crippen MR) is 79.3 cm³/mol. The highest BCUT2D eigenvalue weighted by Crippen LogP contribution is 2.24. The van der Waals surface area contributed by atoms with Crippen LogP contribution in [0.15, 0.2) is 18.2 Å². The molecule has 0 aliphatic carbocycles. The van der Waals surface area contributed by atoms with Crippen molar-refractivity contribution in [3.8, 4) is 0 Å². The molecule has 0 bridgehead atoms. The summed E-state index contributed by atoms with van der Waals surface area (Å²) >= 11 is 5.81. The smallest absolute Gasteiger partial charge is 0.141 e. The van der Waals surface area contributed by atoms with E-state index in [2.05, 4.69) is 24.1 Å². The van der Waals surface area contributed by atoms with Crippen molar-refractivity contribution in [2.75, 3.05) is 25.0 Å². The lowest BCUT2D eigenvalue weighted by Crippen LogP contribution is -2.41. The second-order valence-electron chi connectivity index (χ2n) is 5.36. The second-order valence-corrected chi connectivity index (χ2v) is 5.76. The molecule has 19 heavy (non-hydrogen) atoms. The molecule has 2 atom stereocenters. The van der Waals surface area contributed by atoms with E-state index in [-0.39, 0.29) is 10.8 Å². The zero-order chi connectivity index (χ0) is 13.8. The minimum absolute atomic E-state index is 0.177. The Hall–Kier alpha value is -0.800. The highest BCUT2D eigenvalue weighted by molar-refractivity contribution is 6.31. The molecule has 0 radical (unpaired) electrons. The lowest BCUT2D eigenvalue weighted by Gasteiger charge is -2.35. The molecule has 1 aliphatic rings. The number of halogens is 2. The summed E-state index contributed by atoms with van der Waals surface area (Å²) in [6.07, 6.45) is 2.51. The fourth-order valence-corrected chi connectivity index (χ4v) is 2.93. The number of anilines is 1. The highest BCUT2D eigenvalue weighted by atomic mass is 35.5. The Bertz CT molecular complexity index is 425. The van der Waals surface area contributed by atoms with Crippen LogP contribution in [-0.4, -0.2) is 30.6 Å². The summed E-state index contributed by atoms with van der Waals surface area (Å²) in [6.45, 7) is 7.87. The molecule has 0 spiro atoms. The molecule has 0 saturated carbocycles. The standard InChI is InChI=1S/C15H22ClFN2/c1-3-19-8-4-5-12(10-19)11(2)18-13-6-7-15(17)14(16)9-13/h6-7,9,11-12,18H,3-5,8,10H2,1-2H3. The van der Waals surface area contributed by atoms with E-state index in [9.17, 15) is 4.39 Å². The summed E-state index contributed by atoms with van der Waals surface area (Å²) in [5, 5.41) is 3.62. The molecule has 1 aromatic rings. The third kappa shape index (κ3) is 3.83. The quantitative estimate of drug-likeness (QED) is 0.899. The molecule has 1 aliphatic heterocycles. The third-order valence-electron chi connectivity index (χ3n) is 4.01. The molecule has 1 saturated heterocycles. The van der Waals surface area contributed by atoms with Gasteiger partial charge < -0.3 is 10.2 Å². The molecular weight excluding hydrogens is 263 g/mol. The van der Waals surface area contributed by atoms with E-state index >= 15 is 0 Å². The highest BCUT2D eigenvalue weighted by Gasteiger charge is 2.23. The minimum Gasteiger partial charge on any atom is -0.382 e. The summed E-state index contributed by atoms with van der Waals surface area (Å²) in [5.41, 5.74) is 0.896. The number of hydrogen-bond donors (Lipinski definition) is 1. The van der Waals surface area contributed by atoms with E-state index in [1.165, 1.54) is 25.5 Å². The molecule has 2 nitrogen and oxygen atoms in total. The van der Waals surface area contributed by atoms with Gasteiger partial charge in [0.2, 0.25) is 0 Å². The molecule has 106 valence electrons. The first-order valence-corrected chi connectivity index (χ1v) is 7.42. The van der Waals surface area contributed by atoms with Crippen LogP contribution in [0.1, 0.15) is 26.7 Å². The first-order chi connectivity index (χ1) is 9.10. The van der Waals surface area contributed by atoms with Crippen LogP contribution < -0.4 is 5.32 Å². The SMILES string of the molecule is CCN1CCCC(C(C)Nc2ccc(F)c(Cl)c2)C1. The normalized spacial score (nSPS) is 22.2. The van der Waals surface area contributed by atoms with Crippen molar-refractivity contribution < 1.29 is 4.39 Å². The first kappa shape index (κ1) is 14.6. The predicted octanol–water partition coefficient (Wildman–Crippen LogP) is 4.01. The first-order valence-electron chi connectivity index (χ1n) is 7.04. The van der Waals surface area contributed by atoms with E-state index in [1.54, 1.807) is 12.1 Å². The van der Waals surface area contributed by atoms with Crippen molar-refractivity contribution >= 4 is 17.3 Å². The maximum absolute atomic E-state index is 13.1. The van der Waals surface area contributed by atoms with Gasteiger partial charge in [-0.2, -0.15) is 0 Å². The van der Waals surface area contributed by atoms with E-state index in [0.29, 0.717) is 12.0 Å². The van der Waals surface area contributed by atoms with Crippen molar-refractivity contribution in [1.29, 1.82) is 0 Å². The van der Waals surface area contributed by atoms with Gasteiger partial charge in [-0.25, -0.2) is 4.39 Å². The summed E-state index contributed by atoms with van der Waals surface area (Å²) in [4.78, 5) is 2.49. The Morgan fingerprint density at radius 2 is 2.32 bits per heavy atom. The van der Waals surface area contributed by atoms with Crippen molar-refractivity contribution in [3.63, 3.8) is 0 Å². The molecule has 1 aromatic carbocycles. The maximum Gasteiger partial charge on any atom is 0.141 e. The molecule has 2 unspecified atom stereocenters. The average molecular weight is 285 g/mol. The number of piperidine rings is 1. The minimum atomic E-state index is -0.366. The number of nitrogens with zero attached hydrogens (tertiary/aromatic N) is 1. The van der Waals surface area contributed by atoms with Crippen molar-refractivity contribution in [2.45, 2.75) is 32.7 Å². The van der Waals surface area contributed by atoms with Crippen LogP contribution in [0.5, 0.6) is 0 Å². The number of rotatable bonds is 4. The largest absolute Gasteiger partial charge is 0.382 e. The Kier molecular flexibility index (Phi) is 5.06.